The van der Waals surface area contributed by atoms with E-state index < -0.39 is 8.24 Å². The highest BCUT2D eigenvalue weighted by atomic mass is 28.3. The van der Waals surface area contributed by atoms with Gasteiger partial charge in [0.15, 0.2) is 0 Å². The van der Waals surface area contributed by atoms with E-state index in [1.165, 1.54) is 0 Å². The lowest BCUT2D eigenvalue weighted by Crippen LogP contribution is -2.52. The molecule has 0 unspecified atom stereocenters. The van der Waals surface area contributed by atoms with Crippen molar-refractivity contribution in [2.24, 2.45) is 0 Å². The summed E-state index contributed by atoms with van der Waals surface area (Å²) in [5.74, 6) is 0. The second-order valence-corrected chi connectivity index (χ2v) is 12.2. The molecule has 0 aromatic rings. The van der Waals surface area contributed by atoms with E-state index in [1.54, 1.807) is 0 Å². The number of hydrogen-bond donors (Lipinski definition) is 1. The Hall–Kier alpha value is -0.443. The summed E-state index contributed by atoms with van der Waals surface area (Å²) in [5, 5.41) is 3.40. The molecule has 16 heavy (non-hydrogen) atoms. The summed E-state index contributed by atoms with van der Waals surface area (Å²) in [6.07, 6.45) is 4.31. The minimum absolute atomic E-state index is 0.138. The van der Waals surface area contributed by atoms with E-state index in [1.807, 2.05) is 0 Å². The molecule has 0 rings (SSSR count). The van der Waals surface area contributed by atoms with Crippen molar-refractivity contribution in [1.82, 2.24) is 9.88 Å². The standard InChI is InChI=1S/C13H30N2Si/c1-12(2,3)14-10-11-15(13(4,5)6)16(7,8)9/h10-11,14H,1-9H3/b11-10-. The predicted octanol–water partition coefficient (Wildman–Crippen LogP) is 3.78. The highest BCUT2D eigenvalue weighted by Crippen LogP contribution is 2.22. The fraction of sp³-hybridized carbons (Fsp3) is 0.846. The molecule has 3 heteroatoms. The van der Waals surface area contributed by atoms with E-state index in [2.05, 4.69) is 83.5 Å². The van der Waals surface area contributed by atoms with E-state index in [0.29, 0.717) is 0 Å². The van der Waals surface area contributed by atoms with Gasteiger partial charge < -0.3 is 9.88 Å². The van der Waals surface area contributed by atoms with Crippen LogP contribution in [0.25, 0.3) is 0 Å². The minimum Gasteiger partial charge on any atom is -0.398 e. The van der Waals surface area contributed by atoms with Crippen molar-refractivity contribution in [3.8, 4) is 0 Å². The van der Waals surface area contributed by atoms with Gasteiger partial charge in [0.25, 0.3) is 0 Å². The van der Waals surface area contributed by atoms with Gasteiger partial charge in [0.05, 0.1) is 0 Å². The summed E-state index contributed by atoms with van der Waals surface area (Å²) in [6, 6.07) is 0. The van der Waals surface area contributed by atoms with Gasteiger partial charge >= 0.3 is 0 Å². The maximum absolute atomic E-state index is 3.40. The van der Waals surface area contributed by atoms with Crippen molar-refractivity contribution in [2.45, 2.75) is 72.3 Å². The first-order valence-electron chi connectivity index (χ1n) is 6.08. The molecule has 0 radical (unpaired) electrons. The Balaban J connectivity index is 4.72. The topological polar surface area (TPSA) is 15.3 Å². The van der Waals surface area contributed by atoms with Gasteiger partial charge in [-0.3, -0.25) is 0 Å². The van der Waals surface area contributed by atoms with Crippen LogP contribution >= 0.6 is 0 Å². The van der Waals surface area contributed by atoms with E-state index in [-0.39, 0.29) is 11.1 Å². The largest absolute Gasteiger partial charge is 0.398 e. The molecule has 0 spiro atoms. The summed E-state index contributed by atoms with van der Waals surface area (Å²) < 4.78 is 2.51. The highest BCUT2D eigenvalue weighted by molar-refractivity contribution is 6.73. The smallest absolute Gasteiger partial charge is 0.147 e. The van der Waals surface area contributed by atoms with Crippen LogP contribution in [0.3, 0.4) is 0 Å². The monoisotopic (exact) mass is 242 g/mol. The van der Waals surface area contributed by atoms with Crippen LogP contribution in [-0.4, -0.2) is 23.9 Å². The van der Waals surface area contributed by atoms with Crippen molar-refractivity contribution in [2.75, 3.05) is 0 Å². The van der Waals surface area contributed by atoms with Crippen molar-refractivity contribution in [3.63, 3.8) is 0 Å². The van der Waals surface area contributed by atoms with E-state index in [4.69, 9.17) is 0 Å². The second-order valence-electron chi connectivity index (χ2n) is 7.42. The van der Waals surface area contributed by atoms with E-state index in [0.717, 1.165) is 0 Å². The van der Waals surface area contributed by atoms with Crippen LogP contribution in [0.4, 0.5) is 0 Å². The zero-order chi connectivity index (χ0) is 13.2. The van der Waals surface area contributed by atoms with Gasteiger partial charge in [-0.15, -0.1) is 0 Å². The molecule has 0 atom stereocenters. The lowest BCUT2D eigenvalue weighted by atomic mass is 10.1. The minimum atomic E-state index is -1.31. The number of hydrogen-bond acceptors (Lipinski definition) is 2. The molecule has 0 aromatic heterocycles. The third kappa shape index (κ3) is 6.21. The molecule has 0 aliphatic carbocycles. The predicted molar refractivity (Wildman–Crippen MR) is 77.0 cm³/mol. The number of nitrogens with zero attached hydrogens (tertiary/aromatic N) is 1. The van der Waals surface area contributed by atoms with Crippen LogP contribution in [0.2, 0.25) is 19.6 Å². The third-order valence-electron chi connectivity index (χ3n) is 2.19. The summed E-state index contributed by atoms with van der Waals surface area (Å²) in [7, 11) is -1.31. The van der Waals surface area contributed by atoms with Gasteiger partial charge in [0, 0.05) is 23.5 Å². The number of nitrogens with one attached hydrogen (secondary N) is 1. The lowest BCUT2D eigenvalue weighted by molar-refractivity contribution is 0.313. The van der Waals surface area contributed by atoms with Gasteiger partial charge in [-0.05, 0) is 41.5 Å². The molecule has 1 N–H and O–H groups in total. The van der Waals surface area contributed by atoms with Crippen LogP contribution in [0.15, 0.2) is 12.4 Å². The maximum atomic E-state index is 3.40. The molecule has 0 aromatic carbocycles. The molecule has 0 fully saturated rings. The molecule has 0 aliphatic rings. The summed E-state index contributed by atoms with van der Waals surface area (Å²) in [6.45, 7) is 20.5. The molecule has 96 valence electrons. The van der Waals surface area contributed by atoms with Crippen LogP contribution in [0.5, 0.6) is 0 Å². The molecule has 0 saturated carbocycles. The molecular formula is C13H30N2Si. The third-order valence-corrected chi connectivity index (χ3v) is 4.45. The van der Waals surface area contributed by atoms with Gasteiger partial charge in [-0.1, -0.05) is 19.6 Å². The zero-order valence-electron chi connectivity index (χ0n) is 12.6. The van der Waals surface area contributed by atoms with Crippen LogP contribution < -0.4 is 5.32 Å². The van der Waals surface area contributed by atoms with Gasteiger partial charge in [0.2, 0.25) is 0 Å². The lowest BCUT2D eigenvalue weighted by Gasteiger charge is -2.44. The molecular weight excluding hydrogens is 212 g/mol. The fourth-order valence-corrected chi connectivity index (χ4v) is 4.35. The summed E-state index contributed by atoms with van der Waals surface area (Å²) in [4.78, 5) is 0. The fourth-order valence-electron chi connectivity index (χ4n) is 1.82. The van der Waals surface area contributed by atoms with Crippen LogP contribution in [-0.2, 0) is 0 Å². The Morgan fingerprint density at radius 3 is 1.62 bits per heavy atom. The molecule has 0 saturated heterocycles. The Bertz CT molecular complexity index is 224. The van der Waals surface area contributed by atoms with Crippen LogP contribution in [0.1, 0.15) is 41.5 Å². The normalized spacial score (nSPS) is 14.3. The van der Waals surface area contributed by atoms with Crippen molar-refractivity contribution in [1.29, 1.82) is 0 Å². The number of rotatable bonds is 3. The quantitative estimate of drug-likeness (QED) is 0.758. The Labute approximate surface area is 103 Å². The SMILES string of the molecule is CC(C)(C)N/C=C\N(C(C)(C)C)[Si](C)(C)C. The first kappa shape index (κ1) is 15.6. The van der Waals surface area contributed by atoms with Crippen molar-refractivity contribution >= 4 is 8.24 Å². The molecule has 0 amide bonds. The van der Waals surface area contributed by atoms with Crippen molar-refractivity contribution < 1.29 is 0 Å². The van der Waals surface area contributed by atoms with E-state index in [9.17, 15) is 0 Å². The molecule has 2 nitrogen and oxygen atoms in total. The average Bonchev–Trinajstić information content (AvgIpc) is 1.90. The Morgan fingerprint density at radius 1 is 0.938 bits per heavy atom. The van der Waals surface area contributed by atoms with Gasteiger partial charge in [-0.2, -0.15) is 0 Å². The van der Waals surface area contributed by atoms with Gasteiger partial charge in [-0.25, -0.2) is 0 Å². The Morgan fingerprint density at radius 2 is 1.38 bits per heavy atom. The first-order chi connectivity index (χ1) is 6.84. The first-order valence-corrected chi connectivity index (χ1v) is 9.52. The second kappa shape index (κ2) is 4.82. The van der Waals surface area contributed by atoms with Crippen molar-refractivity contribution in [3.05, 3.63) is 12.4 Å². The molecule has 0 bridgehead atoms. The summed E-state index contributed by atoms with van der Waals surface area (Å²) in [5.41, 5.74) is 0.333. The van der Waals surface area contributed by atoms with Crippen LogP contribution in [0, 0.1) is 0 Å². The maximum Gasteiger partial charge on any atom is 0.147 e. The molecule has 0 heterocycles. The molecule has 0 aliphatic heterocycles. The zero-order valence-corrected chi connectivity index (χ0v) is 13.6. The highest BCUT2D eigenvalue weighted by Gasteiger charge is 2.30. The Kier molecular flexibility index (Phi) is 4.69. The van der Waals surface area contributed by atoms with E-state index >= 15 is 0 Å². The average molecular weight is 242 g/mol. The van der Waals surface area contributed by atoms with Gasteiger partial charge in [0.1, 0.15) is 8.24 Å². The summed E-state index contributed by atoms with van der Waals surface area (Å²) >= 11 is 0.